The molecule has 5 rings (SSSR count). The zero-order chi connectivity index (χ0) is 26.6. The van der Waals surface area contributed by atoms with Crippen LogP contribution in [0.5, 0.6) is 5.75 Å². The Balaban J connectivity index is 1.44. The van der Waals surface area contributed by atoms with Crippen LogP contribution in [0.1, 0.15) is 31.2 Å². The predicted octanol–water partition coefficient (Wildman–Crippen LogP) is 6.29. The third kappa shape index (κ3) is 5.62. The standard InChI is InChI=1S/C28H28ClFN6O2/c1-18-16-21(30)7-8-24(18)32-28(38)35(22-4-2-3-5-22)14-15-36-27(20-6-9-25(37)23(29)17-20)33-26(34-36)19-10-12-31-13-11-19/h6-13,16-17,22,37H,2-5,14-15H2,1H3,(H,32,38). The first kappa shape index (κ1) is 25.7. The lowest BCUT2D eigenvalue weighted by molar-refractivity contribution is 0.184. The van der Waals surface area contributed by atoms with Gasteiger partial charge >= 0.3 is 6.03 Å². The molecule has 0 saturated heterocycles. The summed E-state index contributed by atoms with van der Waals surface area (Å²) in [7, 11) is 0. The summed E-state index contributed by atoms with van der Waals surface area (Å²) in [4.78, 5) is 24.1. The highest BCUT2D eigenvalue weighted by atomic mass is 35.5. The number of aromatic nitrogens is 4. The van der Waals surface area contributed by atoms with Gasteiger partial charge in [0.2, 0.25) is 0 Å². The van der Waals surface area contributed by atoms with Gasteiger partial charge in [-0.25, -0.2) is 18.9 Å². The summed E-state index contributed by atoms with van der Waals surface area (Å²) in [6.45, 7) is 2.55. The van der Waals surface area contributed by atoms with Gasteiger partial charge in [0.15, 0.2) is 11.6 Å². The molecule has 0 radical (unpaired) electrons. The lowest BCUT2D eigenvalue weighted by Crippen LogP contribution is -2.43. The molecule has 1 aliphatic carbocycles. The van der Waals surface area contributed by atoms with Crippen LogP contribution in [-0.2, 0) is 6.54 Å². The van der Waals surface area contributed by atoms with Crippen LogP contribution in [0.25, 0.3) is 22.8 Å². The molecular weight excluding hydrogens is 507 g/mol. The van der Waals surface area contributed by atoms with Crippen molar-refractivity contribution < 1.29 is 14.3 Å². The number of halogens is 2. The molecule has 196 valence electrons. The fourth-order valence-electron chi connectivity index (χ4n) is 4.80. The highest BCUT2D eigenvalue weighted by molar-refractivity contribution is 6.32. The lowest BCUT2D eigenvalue weighted by Gasteiger charge is -2.29. The van der Waals surface area contributed by atoms with E-state index in [-0.39, 0.29) is 28.7 Å². The molecule has 2 heterocycles. The van der Waals surface area contributed by atoms with Crippen molar-refractivity contribution in [3.63, 3.8) is 0 Å². The van der Waals surface area contributed by atoms with Gasteiger partial charge in [-0.1, -0.05) is 24.4 Å². The summed E-state index contributed by atoms with van der Waals surface area (Å²) in [5, 5.41) is 17.8. The van der Waals surface area contributed by atoms with Crippen molar-refractivity contribution in [1.29, 1.82) is 0 Å². The summed E-state index contributed by atoms with van der Waals surface area (Å²) in [5.41, 5.74) is 2.75. The molecule has 1 saturated carbocycles. The molecule has 0 atom stereocenters. The second-order valence-electron chi connectivity index (χ2n) is 9.41. The van der Waals surface area contributed by atoms with Crippen LogP contribution in [0.3, 0.4) is 0 Å². The average molecular weight is 535 g/mol. The van der Waals surface area contributed by atoms with E-state index in [2.05, 4.69) is 10.3 Å². The number of carbonyl (C=O) groups excluding carboxylic acids is 1. The van der Waals surface area contributed by atoms with Crippen LogP contribution in [0.2, 0.25) is 5.02 Å². The van der Waals surface area contributed by atoms with Crippen molar-refractivity contribution in [2.24, 2.45) is 0 Å². The molecule has 1 aliphatic rings. The van der Waals surface area contributed by atoms with Crippen LogP contribution >= 0.6 is 11.6 Å². The fourth-order valence-corrected chi connectivity index (χ4v) is 4.98. The van der Waals surface area contributed by atoms with Gasteiger partial charge in [0, 0.05) is 41.8 Å². The second kappa shape index (κ2) is 11.2. The number of phenols is 1. The minimum atomic E-state index is -0.341. The number of anilines is 1. The van der Waals surface area contributed by atoms with Gasteiger partial charge in [0.05, 0.1) is 11.6 Å². The van der Waals surface area contributed by atoms with E-state index in [1.165, 1.54) is 18.2 Å². The first-order chi connectivity index (χ1) is 18.4. The minimum absolute atomic E-state index is 0.0176. The summed E-state index contributed by atoms with van der Waals surface area (Å²) in [5.74, 6) is 0.729. The van der Waals surface area contributed by atoms with Gasteiger partial charge in [-0.15, -0.1) is 0 Å². The van der Waals surface area contributed by atoms with Crippen LogP contribution in [0.15, 0.2) is 60.9 Å². The molecule has 8 nitrogen and oxygen atoms in total. The number of aromatic hydroxyl groups is 1. The average Bonchev–Trinajstić information content (AvgIpc) is 3.59. The maximum atomic E-state index is 13.6. The Hall–Kier alpha value is -3.98. The molecule has 2 aromatic heterocycles. The quantitative estimate of drug-likeness (QED) is 0.290. The Kier molecular flexibility index (Phi) is 7.55. The van der Waals surface area contributed by atoms with Crippen molar-refractivity contribution in [1.82, 2.24) is 24.6 Å². The molecule has 2 aromatic carbocycles. The van der Waals surface area contributed by atoms with E-state index in [4.69, 9.17) is 21.7 Å². The molecule has 10 heteroatoms. The number of benzene rings is 2. The molecule has 0 aliphatic heterocycles. The van der Waals surface area contributed by atoms with E-state index >= 15 is 0 Å². The normalized spacial score (nSPS) is 13.6. The molecule has 0 bridgehead atoms. The number of urea groups is 1. The topological polar surface area (TPSA) is 96.2 Å². The van der Waals surface area contributed by atoms with Crippen molar-refractivity contribution in [3.8, 4) is 28.5 Å². The number of nitrogens with zero attached hydrogens (tertiary/aromatic N) is 5. The molecular formula is C28H28ClFN6O2. The van der Waals surface area contributed by atoms with Gasteiger partial charge in [-0.3, -0.25) is 4.98 Å². The van der Waals surface area contributed by atoms with E-state index in [1.54, 1.807) is 42.2 Å². The lowest BCUT2D eigenvalue weighted by atomic mass is 10.2. The maximum Gasteiger partial charge on any atom is 0.322 e. The Labute approximate surface area is 225 Å². The molecule has 0 unspecified atom stereocenters. The molecule has 2 amide bonds. The number of carbonyl (C=O) groups is 1. The van der Waals surface area contributed by atoms with Crippen LogP contribution in [0.4, 0.5) is 14.9 Å². The highest BCUT2D eigenvalue weighted by Crippen LogP contribution is 2.30. The number of pyridine rings is 1. The third-order valence-electron chi connectivity index (χ3n) is 6.83. The molecule has 0 spiro atoms. The third-order valence-corrected chi connectivity index (χ3v) is 7.13. The number of phenolic OH excluding ortho intramolecular Hbond substituents is 1. The Morgan fingerprint density at radius 2 is 1.89 bits per heavy atom. The first-order valence-corrected chi connectivity index (χ1v) is 12.9. The number of hydrogen-bond acceptors (Lipinski definition) is 5. The summed E-state index contributed by atoms with van der Waals surface area (Å²) >= 11 is 6.19. The van der Waals surface area contributed by atoms with Crippen molar-refractivity contribution in [2.75, 3.05) is 11.9 Å². The first-order valence-electron chi connectivity index (χ1n) is 12.6. The van der Waals surface area contributed by atoms with E-state index in [1.807, 2.05) is 17.0 Å². The summed E-state index contributed by atoms with van der Waals surface area (Å²) < 4.78 is 15.3. The van der Waals surface area contributed by atoms with E-state index in [9.17, 15) is 14.3 Å². The van der Waals surface area contributed by atoms with E-state index in [0.29, 0.717) is 41.6 Å². The number of nitrogens with one attached hydrogen (secondary N) is 1. The van der Waals surface area contributed by atoms with Gasteiger partial charge in [-0.05, 0) is 73.9 Å². The summed E-state index contributed by atoms with van der Waals surface area (Å²) in [6, 6.07) is 12.8. The van der Waals surface area contributed by atoms with Crippen LogP contribution < -0.4 is 5.32 Å². The zero-order valence-electron chi connectivity index (χ0n) is 20.9. The van der Waals surface area contributed by atoms with Crippen molar-refractivity contribution in [3.05, 3.63) is 77.3 Å². The van der Waals surface area contributed by atoms with Gasteiger partial charge in [0.25, 0.3) is 0 Å². The smallest absolute Gasteiger partial charge is 0.322 e. The van der Waals surface area contributed by atoms with E-state index in [0.717, 1.165) is 31.2 Å². The number of amides is 2. The van der Waals surface area contributed by atoms with Gasteiger partial charge in [0.1, 0.15) is 11.6 Å². The predicted molar refractivity (Wildman–Crippen MR) is 144 cm³/mol. The largest absolute Gasteiger partial charge is 0.506 e. The minimum Gasteiger partial charge on any atom is -0.506 e. The Bertz CT molecular complexity index is 1440. The number of rotatable bonds is 7. The molecule has 4 aromatic rings. The van der Waals surface area contributed by atoms with Crippen LogP contribution in [-0.4, -0.2) is 48.4 Å². The SMILES string of the molecule is Cc1cc(F)ccc1NC(=O)N(CCn1nc(-c2ccncc2)nc1-c1ccc(O)c(Cl)c1)C1CCCC1. The van der Waals surface area contributed by atoms with Crippen molar-refractivity contribution >= 4 is 23.3 Å². The number of aryl methyl sites for hydroxylation is 1. The number of hydrogen-bond donors (Lipinski definition) is 2. The van der Waals surface area contributed by atoms with Gasteiger partial charge < -0.3 is 15.3 Å². The molecule has 38 heavy (non-hydrogen) atoms. The zero-order valence-corrected chi connectivity index (χ0v) is 21.7. The van der Waals surface area contributed by atoms with Crippen LogP contribution in [0, 0.1) is 12.7 Å². The molecule has 2 N–H and O–H groups in total. The van der Waals surface area contributed by atoms with Crippen molar-refractivity contribution in [2.45, 2.75) is 45.2 Å². The fraction of sp³-hybridized carbons (Fsp3) is 0.286. The Morgan fingerprint density at radius 1 is 1.13 bits per heavy atom. The second-order valence-corrected chi connectivity index (χ2v) is 9.81. The maximum absolute atomic E-state index is 13.6. The summed E-state index contributed by atoms with van der Waals surface area (Å²) in [6.07, 6.45) is 7.34. The monoisotopic (exact) mass is 534 g/mol. The molecule has 1 fully saturated rings. The van der Waals surface area contributed by atoms with Gasteiger partial charge in [-0.2, -0.15) is 5.10 Å². The Morgan fingerprint density at radius 3 is 2.61 bits per heavy atom. The van der Waals surface area contributed by atoms with E-state index < -0.39 is 0 Å². The highest BCUT2D eigenvalue weighted by Gasteiger charge is 2.27.